The summed E-state index contributed by atoms with van der Waals surface area (Å²) in [4.78, 5) is 21.2. The van der Waals surface area contributed by atoms with E-state index in [4.69, 9.17) is 9.97 Å². The molecule has 0 spiro atoms. The van der Waals surface area contributed by atoms with Gasteiger partial charge in [-0.05, 0) is 68.1 Å². The molecule has 5 heterocycles. The summed E-state index contributed by atoms with van der Waals surface area (Å²) in [6, 6.07) is 19.8. The van der Waals surface area contributed by atoms with Crippen molar-refractivity contribution in [3.05, 3.63) is 78.6 Å². The van der Waals surface area contributed by atoms with Crippen LogP contribution in [0.4, 0.5) is 0 Å². The molecule has 180 valence electrons. The van der Waals surface area contributed by atoms with Crippen molar-refractivity contribution in [1.29, 1.82) is 0 Å². The van der Waals surface area contributed by atoms with E-state index in [-0.39, 0.29) is 0 Å². The zero-order valence-corrected chi connectivity index (χ0v) is 20.1. The molecule has 36 heavy (non-hydrogen) atoms. The van der Waals surface area contributed by atoms with Gasteiger partial charge in [0, 0.05) is 17.3 Å². The van der Waals surface area contributed by atoms with Gasteiger partial charge in [0.1, 0.15) is 11.6 Å². The number of nitrogens with one attached hydrogen (secondary N) is 4. The van der Waals surface area contributed by atoms with Gasteiger partial charge < -0.3 is 20.6 Å². The van der Waals surface area contributed by atoms with Crippen molar-refractivity contribution in [3.8, 4) is 33.6 Å². The molecule has 3 aromatic heterocycles. The Bertz CT molecular complexity index is 1490. The quantitative estimate of drug-likeness (QED) is 0.268. The summed E-state index contributed by atoms with van der Waals surface area (Å²) in [7, 11) is 0. The number of fused-ring (bicyclic) bond motifs is 1. The van der Waals surface area contributed by atoms with E-state index in [0.717, 1.165) is 82.3 Å². The van der Waals surface area contributed by atoms with E-state index in [1.54, 1.807) is 0 Å². The number of imidazole rings is 2. The molecule has 5 aromatic rings. The summed E-state index contributed by atoms with van der Waals surface area (Å²) in [5.74, 6) is 2.07. The van der Waals surface area contributed by atoms with Crippen LogP contribution in [-0.2, 0) is 0 Å². The Morgan fingerprint density at radius 1 is 0.639 bits per heavy atom. The summed E-state index contributed by atoms with van der Waals surface area (Å²) in [6.07, 6.45) is 8.58. The highest BCUT2D eigenvalue weighted by atomic mass is 15.0. The highest BCUT2D eigenvalue weighted by Gasteiger charge is 2.20. The SMILES string of the molecule is c1cc(-c2ccc(-c3cnc([C@@H]4CCCN4)[nH]3)cc2)ncc1-c1ccc2nc([C@@H]3CCCN3)[nH]c2c1. The van der Waals surface area contributed by atoms with Gasteiger partial charge in [-0.1, -0.05) is 36.4 Å². The van der Waals surface area contributed by atoms with Gasteiger partial charge in [-0.3, -0.25) is 4.98 Å². The molecule has 2 fully saturated rings. The molecule has 4 N–H and O–H groups in total. The maximum Gasteiger partial charge on any atom is 0.124 e. The molecule has 0 radical (unpaired) electrons. The smallest absolute Gasteiger partial charge is 0.124 e. The summed E-state index contributed by atoms with van der Waals surface area (Å²) >= 11 is 0. The summed E-state index contributed by atoms with van der Waals surface area (Å²) in [6.45, 7) is 2.13. The number of hydrogen-bond donors (Lipinski definition) is 4. The van der Waals surface area contributed by atoms with Gasteiger partial charge in [-0.2, -0.15) is 0 Å². The van der Waals surface area contributed by atoms with Crippen molar-refractivity contribution >= 4 is 11.0 Å². The van der Waals surface area contributed by atoms with Crippen molar-refractivity contribution in [2.24, 2.45) is 0 Å². The molecule has 0 aliphatic carbocycles. The third-order valence-electron chi connectivity index (χ3n) is 7.46. The maximum absolute atomic E-state index is 4.79. The van der Waals surface area contributed by atoms with E-state index >= 15 is 0 Å². The minimum absolute atomic E-state index is 0.341. The second-order valence-corrected chi connectivity index (χ2v) is 9.84. The van der Waals surface area contributed by atoms with Crippen molar-refractivity contribution in [2.75, 3.05) is 13.1 Å². The average Bonchev–Trinajstić information content (AvgIpc) is 3.75. The van der Waals surface area contributed by atoms with Crippen molar-refractivity contribution in [1.82, 2.24) is 35.6 Å². The first-order chi connectivity index (χ1) is 17.8. The van der Waals surface area contributed by atoms with E-state index in [2.05, 4.69) is 80.2 Å². The van der Waals surface area contributed by atoms with E-state index in [1.807, 2.05) is 12.4 Å². The highest BCUT2D eigenvalue weighted by molar-refractivity contribution is 5.82. The van der Waals surface area contributed by atoms with Crippen LogP contribution in [0, 0.1) is 0 Å². The summed E-state index contributed by atoms with van der Waals surface area (Å²) < 4.78 is 0. The summed E-state index contributed by atoms with van der Waals surface area (Å²) in [5.41, 5.74) is 8.55. The van der Waals surface area contributed by atoms with Gasteiger partial charge >= 0.3 is 0 Å². The normalized spacial score (nSPS) is 19.9. The monoisotopic (exact) mass is 475 g/mol. The van der Waals surface area contributed by atoms with Crippen LogP contribution in [0.3, 0.4) is 0 Å². The first kappa shape index (κ1) is 21.5. The number of aromatic nitrogens is 5. The zero-order chi connectivity index (χ0) is 23.9. The van der Waals surface area contributed by atoms with Gasteiger partial charge in [0.2, 0.25) is 0 Å². The standard InChI is InChI=1S/C29H29N7/c1-3-24(30-13-1)28-33-17-27(36-28)19-7-5-18(6-8-19)22-11-10-21(16-32-22)20-9-12-23-26(15-20)35-29(34-23)25-4-2-14-31-25/h5-12,15-17,24-25,30-31H,1-4,13-14H2,(H,33,36)(H,34,35)/t24-,25-/m0/s1. The van der Waals surface area contributed by atoms with Crippen LogP contribution in [-0.4, -0.2) is 38.0 Å². The fourth-order valence-corrected chi connectivity index (χ4v) is 5.43. The van der Waals surface area contributed by atoms with Gasteiger partial charge in [0.25, 0.3) is 0 Å². The van der Waals surface area contributed by atoms with Crippen LogP contribution in [0.5, 0.6) is 0 Å². The summed E-state index contributed by atoms with van der Waals surface area (Å²) in [5, 5.41) is 7.01. The predicted molar refractivity (Wildman–Crippen MR) is 142 cm³/mol. The Kier molecular flexibility index (Phi) is 5.37. The van der Waals surface area contributed by atoms with Gasteiger partial charge in [-0.15, -0.1) is 0 Å². The first-order valence-electron chi connectivity index (χ1n) is 12.9. The van der Waals surface area contributed by atoms with Crippen molar-refractivity contribution in [3.63, 3.8) is 0 Å². The molecule has 2 atom stereocenters. The first-order valence-corrected chi connectivity index (χ1v) is 12.9. The molecule has 2 aromatic carbocycles. The molecule has 2 aliphatic rings. The molecule has 7 rings (SSSR count). The fraction of sp³-hybridized carbons (Fsp3) is 0.276. The number of nitrogens with zero attached hydrogens (tertiary/aromatic N) is 3. The molecule has 0 amide bonds. The van der Waals surface area contributed by atoms with Crippen LogP contribution in [0.25, 0.3) is 44.7 Å². The molecule has 7 heteroatoms. The van der Waals surface area contributed by atoms with Gasteiger partial charge in [0.15, 0.2) is 0 Å². The van der Waals surface area contributed by atoms with Crippen LogP contribution in [0.15, 0.2) is 67.0 Å². The Labute approximate surface area is 209 Å². The van der Waals surface area contributed by atoms with Crippen molar-refractivity contribution < 1.29 is 0 Å². The topological polar surface area (TPSA) is 94.3 Å². The number of H-pyrrole nitrogens is 2. The van der Waals surface area contributed by atoms with Crippen LogP contribution < -0.4 is 10.6 Å². The number of hydrogen-bond acceptors (Lipinski definition) is 5. The van der Waals surface area contributed by atoms with Crippen LogP contribution in [0.2, 0.25) is 0 Å². The Balaban J connectivity index is 1.09. The Hall–Kier alpha value is -3.81. The lowest BCUT2D eigenvalue weighted by Gasteiger charge is -2.06. The largest absolute Gasteiger partial charge is 0.341 e. The maximum atomic E-state index is 4.79. The van der Waals surface area contributed by atoms with E-state index < -0.39 is 0 Å². The lowest BCUT2D eigenvalue weighted by molar-refractivity contribution is 0.613. The molecular weight excluding hydrogens is 446 g/mol. The lowest BCUT2D eigenvalue weighted by Crippen LogP contribution is -2.14. The van der Waals surface area contributed by atoms with Crippen molar-refractivity contribution in [2.45, 2.75) is 37.8 Å². The number of rotatable bonds is 5. The van der Waals surface area contributed by atoms with E-state index in [9.17, 15) is 0 Å². The second-order valence-electron chi connectivity index (χ2n) is 9.84. The molecule has 2 saturated heterocycles. The number of benzene rings is 2. The third kappa shape index (κ3) is 4.00. The number of aromatic amines is 2. The van der Waals surface area contributed by atoms with Crippen LogP contribution in [0.1, 0.15) is 49.4 Å². The van der Waals surface area contributed by atoms with Crippen LogP contribution >= 0.6 is 0 Å². The zero-order valence-electron chi connectivity index (χ0n) is 20.1. The Morgan fingerprint density at radius 2 is 1.36 bits per heavy atom. The highest BCUT2D eigenvalue weighted by Crippen LogP contribution is 2.29. The third-order valence-corrected chi connectivity index (χ3v) is 7.46. The number of pyridine rings is 1. The van der Waals surface area contributed by atoms with Gasteiger partial charge in [0.05, 0.1) is 40.7 Å². The second kappa shape index (κ2) is 9.00. The predicted octanol–water partition coefficient (Wildman–Crippen LogP) is 5.53. The molecule has 0 unspecified atom stereocenters. The Morgan fingerprint density at radius 3 is 2.08 bits per heavy atom. The molecule has 2 aliphatic heterocycles. The van der Waals surface area contributed by atoms with E-state index in [0.29, 0.717) is 12.1 Å². The lowest BCUT2D eigenvalue weighted by atomic mass is 10.0. The molecular formula is C29H29N7. The van der Waals surface area contributed by atoms with Gasteiger partial charge in [-0.25, -0.2) is 9.97 Å². The molecule has 0 saturated carbocycles. The molecule has 0 bridgehead atoms. The average molecular weight is 476 g/mol. The minimum Gasteiger partial charge on any atom is -0.341 e. The molecule has 7 nitrogen and oxygen atoms in total. The van der Waals surface area contributed by atoms with E-state index in [1.165, 1.54) is 12.8 Å². The fourth-order valence-electron chi connectivity index (χ4n) is 5.43. The minimum atomic E-state index is 0.341.